The summed E-state index contributed by atoms with van der Waals surface area (Å²) >= 11 is 0. The number of nitrogens with zero attached hydrogens (tertiary/aromatic N) is 1. The molecule has 0 fully saturated rings. The van der Waals surface area contributed by atoms with Crippen LogP contribution < -0.4 is 10.6 Å². The van der Waals surface area contributed by atoms with Gasteiger partial charge in [0.2, 0.25) is 0 Å². The highest BCUT2D eigenvalue weighted by Gasteiger charge is 2.13. The van der Waals surface area contributed by atoms with E-state index in [1.54, 1.807) is 0 Å². The van der Waals surface area contributed by atoms with Crippen LogP contribution in [0.2, 0.25) is 0 Å². The van der Waals surface area contributed by atoms with Crippen molar-refractivity contribution in [3.8, 4) is 0 Å². The number of nitrogens with one attached hydrogen (secondary N) is 2. The molecule has 0 atom stereocenters. The van der Waals surface area contributed by atoms with Gasteiger partial charge in [0.05, 0.1) is 20.1 Å². The number of esters is 1. The highest BCUT2D eigenvalue weighted by Crippen LogP contribution is 2.24. The average Bonchev–Trinajstić information content (AvgIpc) is 2.69. The van der Waals surface area contributed by atoms with Crippen molar-refractivity contribution in [1.29, 1.82) is 0 Å². The Morgan fingerprint density at radius 1 is 1.00 bits per heavy atom. The number of hydrogen-bond acceptors (Lipinski definition) is 3. The molecule has 2 rings (SSSR count). The minimum absolute atomic E-state index is 0. The molecule has 0 aliphatic heterocycles. The molecule has 2 aromatic carbocycles. The molecule has 0 unspecified atom stereocenters. The van der Waals surface area contributed by atoms with Crippen LogP contribution in [0.5, 0.6) is 0 Å². The van der Waals surface area contributed by atoms with Gasteiger partial charge in [-0.05, 0) is 18.1 Å². The van der Waals surface area contributed by atoms with Gasteiger partial charge in [-0.3, -0.25) is 9.79 Å². The summed E-state index contributed by atoms with van der Waals surface area (Å²) in [4.78, 5) is 16.0. The van der Waals surface area contributed by atoms with Crippen molar-refractivity contribution in [3.05, 3.63) is 71.8 Å². The highest BCUT2D eigenvalue weighted by atomic mass is 127. The summed E-state index contributed by atoms with van der Waals surface area (Å²) in [7, 11) is 1.39. The first kappa shape index (κ1) is 23.0. The average molecular weight is 481 g/mol. The maximum Gasteiger partial charge on any atom is 0.307 e. The predicted octanol–water partition coefficient (Wildman–Crippen LogP) is 3.55. The Labute approximate surface area is 178 Å². The third kappa shape index (κ3) is 7.99. The predicted molar refractivity (Wildman–Crippen MR) is 121 cm³/mol. The van der Waals surface area contributed by atoms with Crippen LogP contribution in [-0.2, 0) is 9.53 Å². The fraction of sp³-hybridized carbons (Fsp3) is 0.333. The number of carbonyl (C=O) groups excluding carboxylic acids is 1. The van der Waals surface area contributed by atoms with Crippen LogP contribution in [0.25, 0.3) is 0 Å². The summed E-state index contributed by atoms with van der Waals surface area (Å²) in [5, 5.41) is 6.40. The van der Waals surface area contributed by atoms with Crippen molar-refractivity contribution >= 4 is 35.9 Å². The zero-order valence-electron chi connectivity index (χ0n) is 15.9. The van der Waals surface area contributed by atoms with Crippen LogP contribution >= 0.6 is 24.0 Å². The van der Waals surface area contributed by atoms with Gasteiger partial charge in [-0.1, -0.05) is 60.7 Å². The molecule has 146 valence electrons. The van der Waals surface area contributed by atoms with Crippen molar-refractivity contribution in [2.75, 3.05) is 26.7 Å². The standard InChI is InChI=1S/C21H27N3O2.HI/c1-3-22-21(23-15-14-20(25)26-2)24-16-19(17-10-6-4-7-11-17)18-12-8-5-9-13-18;/h4-13,19H,3,14-16H2,1-2H3,(H2,22,23,24);1H. The summed E-state index contributed by atoms with van der Waals surface area (Å²) < 4.78 is 4.67. The summed E-state index contributed by atoms with van der Waals surface area (Å²) in [6.45, 7) is 3.87. The van der Waals surface area contributed by atoms with Gasteiger partial charge < -0.3 is 15.4 Å². The number of rotatable bonds is 8. The van der Waals surface area contributed by atoms with Crippen molar-refractivity contribution in [2.45, 2.75) is 19.3 Å². The zero-order valence-corrected chi connectivity index (χ0v) is 18.2. The molecule has 2 N–H and O–H groups in total. The van der Waals surface area contributed by atoms with Gasteiger partial charge in [0.25, 0.3) is 0 Å². The highest BCUT2D eigenvalue weighted by molar-refractivity contribution is 14.0. The van der Waals surface area contributed by atoms with E-state index >= 15 is 0 Å². The minimum Gasteiger partial charge on any atom is -0.469 e. The number of methoxy groups -OCH3 is 1. The van der Waals surface area contributed by atoms with Crippen LogP contribution in [0.15, 0.2) is 65.7 Å². The molecule has 2 aromatic rings. The van der Waals surface area contributed by atoms with E-state index in [9.17, 15) is 4.79 Å². The first-order valence-corrected chi connectivity index (χ1v) is 8.93. The molecule has 6 heteroatoms. The van der Waals surface area contributed by atoms with E-state index in [1.165, 1.54) is 18.2 Å². The lowest BCUT2D eigenvalue weighted by molar-refractivity contribution is -0.140. The van der Waals surface area contributed by atoms with Gasteiger partial charge in [0, 0.05) is 19.0 Å². The molecule has 0 saturated carbocycles. The third-order valence-electron chi connectivity index (χ3n) is 4.03. The Hall–Kier alpha value is -2.09. The van der Waals surface area contributed by atoms with E-state index in [4.69, 9.17) is 4.99 Å². The number of aliphatic imine (C=N–C) groups is 1. The third-order valence-corrected chi connectivity index (χ3v) is 4.03. The van der Waals surface area contributed by atoms with E-state index in [-0.39, 0.29) is 35.9 Å². The fourth-order valence-electron chi connectivity index (χ4n) is 2.68. The monoisotopic (exact) mass is 481 g/mol. The minimum atomic E-state index is -0.236. The van der Waals surface area contributed by atoms with Gasteiger partial charge in [-0.2, -0.15) is 0 Å². The Balaban J connectivity index is 0.00000364. The van der Waals surface area contributed by atoms with Gasteiger partial charge in [-0.15, -0.1) is 24.0 Å². The first-order chi connectivity index (χ1) is 12.7. The molecule has 0 aliphatic carbocycles. The Morgan fingerprint density at radius 3 is 2.04 bits per heavy atom. The maximum atomic E-state index is 11.3. The zero-order chi connectivity index (χ0) is 18.6. The number of hydrogen-bond donors (Lipinski definition) is 2. The molecule has 0 radical (unpaired) electrons. The molecule has 5 nitrogen and oxygen atoms in total. The number of halogens is 1. The van der Waals surface area contributed by atoms with Crippen molar-refractivity contribution in [3.63, 3.8) is 0 Å². The van der Waals surface area contributed by atoms with Crippen molar-refractivity contribution in [1.82, 2.24) is 10.6 Å². The van der Waals surface area contributed by atoms with Crippen LogP contribution in [-0.4, -0.2) is 38.7 Å². The van der Waals surface area contributed by atoms with E-state index in [0.29, 0.717) is 25.5 Å². The summed E-state index contributed by atoms with van der Waals surface area (Å²) in [6.07, 6.45) is 0.307. The number of carbonyl (C=O) groups is 1. The quantitative estimate of drug-likeness (QED) is 0.262. The lowest BCUT2D eigenvalue weighted by Gasteiger charge is -2.17. The second kappa shape index (κ2) is 13.1. The molecule has 0 bridgehead atoms. The lowest BCUT2D eigenvalue weighted by atomic mass is 9.91. The Bertz CT molecular complexity index is 654. The fourth-order valence-corrected chi connectivity index (χ4v) is 2.68. The van der Waals surface area contributed by atoms with Gasteiger partial charge in [0.15, 0.2) is 5.96 Å². The van der Waals surface area contributed by atoms with Crippen LogP contribution in [0.3, 0.4) is 0 Å². The summed E-state index contributed by atoms with van der Waals surface area (Å²) in [5.41, 5.74) is 2.46. The normalized spacial score (nSPS) is 10.9. The number of benzene rings is 2. The second-order valence-corrected chi connectivity index (χ2v) is 5.85. The summed E-state index contributed by atoms with van der Waals surface area (Å²) in [6, 6.07) is 20.8. The molecule has 0 aliphatic rings. The summed E-state index contributed by atoms with van der Waals surface area (Å²) in [5.74, 6) is 0.640. The number of guanidine groups is 1. The first-order valence-electron chi connectivity index (χ1n) is 8.93. The molecule has 0 amide bonds. The molecule has 0 spiro atoms. The lowest BCUT2D eigenvalue weighted by Crippen LogP contribution is -2.38. The smallest absolute Gasteiger partial charge is 0.307 e. The molecular weight excluding hydrogens is 453 g/mol. The van der Waals surface area contributed by atoms with Crippen LogP contribution in [0, 0.1) is 0 Å². The largest absolute Gasteiger partial charge is 0.469 e. The van der Waals surface area contributed by atoms with E-state index < -0.39 is 0 Å². The second-order valence-electron chi connectivity index (χ2n) is 5.85. The molecular formula is C21H28IN3O2. The molecule has 0 saturated heterocycles. The molecule has 0 heterocycles. The van der Waals surface area contributed by atoms with E-state index in [1.807, 2.05) is 19.1 Å². The molecule has 27 heavy (non-hydrogen) atoms. The Morgan fingerprint density at radius 2 is 1.56 bits per heavy atom. The topological polar surface area (TPSA) is 62.7 Å². The van der Waals surface area contributed by atoms with Crippen molar-refractivity contribution in [2.24, 2.45) is 4.99 Å². The van der Waals surface area contributed by atoms with Gasteiger partial charge >= 0.3 is 5.97 Å². The SMILES string of the molecule is CCNC(=NCC(c1ccccc1)c1ccccc1)NCCC(=O)OC.I. The Kier molecular flexibility index (Phi) is 11.2. The van der Waals surface area contributed by atoms with Crippen LogP contribution in [0.4, 0.5) is 0 Å². The van der Waals surface area contributed by atoms with Crippen LogP contribution in [0.1, 0.15) is 30.4 Å². The number of ether oxygens (including phenoxy) is 1. The maximum absolute atomic E-state index is 11.3. The van der Waals surface area contributed by atoms with E-state index in [0.717, 1.165) is 6.54 Å². The van der Waals surface area contributed by atoms with E-state index in [2.05, 4.69) is 63.9 Å². The van der Waals surface area contributed by atoms with Crippen molar-refractivity contribution < 1.29 is 9.53 Å². The molecule has 0 aromatic heterocycles. The van der Waals surface area contributed by atoms with Gasteiger partial charge in [0.1, 0.15) is 0 Å². The van der Waals surface area contributed by atoms with Gasteiger partial charge in [-0.25, -0.2) is 0 Å².